The molecule has 1 fully saturated rings. The third kappa shape index (κ3) is 4.58. The lowest BCUT2D eigenvalue weighted by Crippen LogP contribution is -2.44. The van der Waals surface area contributed by atoms with Gasteiger partial charge in [-0.15, -0.1) is 11.3 Å². The number of H-pyrrole nitrogens is 1. The van der Waals surface area contributed by atoms with Crippen LogP contribution in [-0.4, -0.2) is 40.9 Å². The second-order valence-electron chi connectivity index (χ2n) is 7.45. The number of nitrogens with one attached hydrogen (secondary N) is 3. The fourth-order valence-corrected chi connectivity index (χ4v) is 4.57. The van der Waals surface area contributed by atoms with Gasteiger partial charge in [0.15, 0.2) is 10.8 Å². The van der Waals surface area contributed by atoms with Gasteiger partial charge in [0.1, 0.15) is 11.9 Å². The van der Waals surface area contributed by atoms with Crippen LogP contribution in [0.1, 0.15) is 46.6 Å². The van der Waals surface area contributed by atoms with Gasteiger partial charge in [0.05, 0.1) is 7.11 Å². The number of hydrogen-bond acceptors (Lipinski definition) is 6. The van der Waals surface area contributed by atoms with Crippen molar-refractivity contribution < 1.29 is 23.5 Å². The van der Waals surface area contributed by atoms with Crippen LogP contribution < -0.4 is 10.6 Å². The number of halogens is 1. The van der Waals surface area contributed by atoms with E-state index in [2.05, 4.69) is 20.6 Å². The van der Waals surface area contributed by atoms with E-state index in [-0.39, 0.29) is 34.9 Å². The van der Waals surface area contributed by atoms with Gasteiger partial charge in [-0.2, -0.15) is 0 Å². The Hall–Kier alpha value is -3.27. The van der Waals surface area contributed by atoms with E-state index in [1.165, 1.54) is 37.5 Å². The summed E-state index contributed by atoms with van der Waals surface area (Å²) < 4.78 is 18.2. The Balaban J connectivity index is 1.56. The molecule has 0 spiro atoms. The van der Waals surface area contributed by atoms with E-state index in [1.807, 2.05) is 0 Å². The zero-order valence-electron chi connectivity index (χ0n) is 17.0. The highest BCUT2D eigenvalue weighted by Crippen LogP contribution is 2.45. The molecule has 1 aliphatic carbocycles. The number of amides is 2. The summed E-state index contributed by atoms with van der Waals surface area (Å²) in [4.78, 5) is 44.7. The van der Waals surface area contributed by atoms with Gasteiger partial charge in [0, 0.05) is 35.3 Å². The van der Waals surface area contributed by atoms with Gasteiger partial charge in [-0.25, -0.2) is 14.2 Å². The highest BCUT2D eigenvalue weighted by Gasteiger charge is 2.33. The van der Waals surface area contributed by atoms with Crippen LogP contribution >= 0.6 is 11.3 Å². The molecule has 2 amide bonds. The fourth-order valence-electron chi connectivity index (χ4n) is 3.44. The van der Waals surface area contributed by atoms with Crippen molar-refractivity contribution in [3.63, 3.8) is 0 Å². The lowest BCUT2D eigenvalue weighted by atomic mass is 10.0. The number of nitrogens with zero attached hydrogens (tertiary/aromatic N) is 1. The fraction of sp³-hybridized carbons (Fsp3) is 0.333. The number of esters is 1. The standard InChI is InChI=1S/C21H21FN4O4S/c1-10(27)24-16(7-12-9-23-15-8-13(22)5-6-14(12)15)19(28)26-21-25-17(20(29)30-2)18(31-21)11-3-4-11/h5-6,8-9,11,16,23H,3-4,7H2,1-2H3,(H,24,27)(H,25,26,28). The van der Waals surface area contributed by atoms with E-state index in [9.17, 15) is 18.8 Å². The summed E-state index contributed by atoms with van der Waals surface area (Å²) in [6, 6.07) is 3.47. The number of hydrogen-bond donors (Lipinski definition) is 3. The zero-order valence-corrected chi connectivity index (χ0v) is 17.8. The molecule has 10 heteroatoms. The summed E-state index contributed by atoms with van der Waals surface area (Å²) in [6.45, 7) is 1.33. The largest absolute Gasteiger partial charge is 0.464 e. The van der Waals surface area contributed by atoms with Crippen LogP contribution in [0.3, 0.4) is 0 Å². The first-order chi connectivity index (χ1) is 14.9. The molecule has 1 atom stereocenters. The van der Waals surface area contributed by atoms with Gasteiger partial charge in [-0.3, -0.25) is 9.59 Å². The first-order valence-electron chi connectivity index (χ1n) is 9.78. The van der Waals surface area contributed by atoms with Crippen molar-refractivity contribution in [1.29, 1.82) is 0 Å². The monoisotopic (exact) mass is 444 g/mol. The Morgan fingerprint density at radius 1 is 1.35 bits per heavy atom. The van der Waals surface area contributed by atoms with Crippen LogP contribution in [0.4, 0.5) is 9.52 Å². The molecule has 2 aromatic heterocycles. The molecule has 2 heterocycles. The van der Waals surface area contributed by atoms with Crippen LogP contribution in [0.25, 0.3) is 10.9 Å². The number of aromatic amines is 1. The van der Waals surface area contributed by atoms with Crippen LogP contribution in [0, 0.1) is 5.82 Å². The number of fused-ring (bicyclic) bond motifs is 1. The number of carbonyl (C=O) groups is 3. The molecule has 3 aromatic rings. The van der Waals surface area contributed by atoms with E-state index < -0.39 is 17.9 Å². The third-order valence-electron chi connectivity index (χ3n) is 5.06. The molecule has 1 unspecified atom stereocenters. The highest BCUT2D eigenvalue weighted by atomic mass is 32.1. The highest BCUT2D eigenvalue weighted by molar-refractivity contribution is 7.16. The lowest BCUT2D eigenvalue weighted by Gasteiger charge is -2.16. The van der Waals surface area contributed by atoms with Gasteiger partial charge >= 0.3 is 5.97 Å². The van der Waals surface area contributed by atoms with E-state index in [0.29, 0.717) is 5.52 Å². The number of thiazole rings is 1. The molecule has 1 aliphatic rings. The van der Waals surface area contributed by atoms with Crippen LogP contribution in [0.2, 0.25) is 0 Å². The Labute approximate surface area is 181 Å². The second kappa shape index (κ2) is 8.46. The number of carbonyl (C=O) groups excluding carboxylic acids is 3. The normalized spacial score (nSPS) is 14.3. The molecule has 0 saturated heterocycles. The molecule has 31 heavy (non-hydrogen) atoms. The average Bonchev–Trinajstić information content (AvgIpc) is 3.38. The number of rotatable bonds is 7. The van der Waals surface area contributed by atoms with Gasteiger partial charge in [-0.1, -0.05) is 0 Å². The van der Waals surface area contributed by atoms with E-state index in [4.69, 9.17) is 4.74 Å². The van der Waals surface area contributed by atoms with E-state index in [0.717, 1.165) is 28.7 Å². The maximum atomic E-state index is 13.4. The number of anilines is 1. The smallest absolute Gasteiger partial charge is 0.357 e. The minimum Gasteiger partial charge on any atom is -0.464 e. The molecule has 0 radical (unpaired) electrons. The summed E-state index contributed by atoms with van der Waals surface area (Å²) in [7, 11) is 1.29. The summed E-state index contributed by atoms with van der Waals surface area (Å²) in [5, 5.41) is 6.41. The Bertz CT molecular complexity index is 1170. The van der Waals surface area contributed by atoms with Crippen molar-refractivity contribution in [3.8, 4) is 0 Å². The van der Waals surface area contributed by atoms with Crippen LogP contribution in [0.15, 0.2) is 24.4 Å². The molecule has 1 aromatic carbocycles. The minimum absolute atomic E-state index is 0.196. The SMILES string of the molecule is COC(=O)c1nc(NC(=O)C(Cc2c[nH]c3cc(F)ccc23)NC(C)=O)sc1C1CC1. The predicted molar refractivity (Wildman–Crippen MR) is 114 cm³/mol. The van der Waals surface area contributed by atoms with Gasteiger partial charge in [0.2, 0.25) is 11.8 Å². The molecule has 8 nitrogen and oxygen atoms in total. The molecular formula is C21H21FN4O4S. The van der Waals surface area contributed by atoms with Gasteiger partial charge in [0.25, 0.3) is 0 Å². The van der Waals surface area contributed by atoms with E-state index >= 15 is 0 Å². The summed E-state index contributed by atoms with van der Waals surface area (Å²) >= 11 is 1.25. The molecule has 0 aliphatic heterocycles. The first-order valence-corrected chi connectivity index (χ1v) is 10.6. The Morgan fingerprint density at radius 3 is 2.81 bits per heavy atom. The van der Waals surface area contributed by atoms with Gasteiger partial charge in [-0.05, 0) is 42.5 Å². The number of ether oxygens (including phenoxy) is 1. The number of aromatic nitrogens is 2. The van der Waals surface area contributed by atoms with Crippen molar-refractivity contribution >= 4 is 45.2 Å². The third-order valence-corrected chi connectivity index (χ3v) is 6.19. The van der Waals surface area contributed by atoms with Gasteiger partial charge < -0.3 is 20.4 Å². The lowest BCUT2D eigenvalue weighted by molar-refractivity contribution is -0.125. The minimum atomic E-state index is -0.878. The summed E-state index contributed by atoms with van der Waals surface area (Å²) in [5.41, 5.74) is 1.59. The van der Waals surface area contributed by atoms with Crippen LogP contribution in [0.5, 0.6) is 0 Å². The Kier molecular flexibility index (Phi) is 5.73. The molecular weight excluding hydrogens is 423 g/mol. The van der Waals surface area contributed by atoms with E-state index in [1.54, 1.807) is 12.3 Å². The van der Waals surface area contributed by atoms with Crippen molar-refractivity contribution in [1.82, 2.24) is 15.3 Å². The molecule has 0 bridgehead atoms. The first kappa shape index (κ1) is 21.0. The number of methoxy groups -OCH3 is 1. The zero-order chi connectivity index (χ0) is 22.1. The average molecular weight is 444 g/mol. The quantitative estimate of drug-likeness (QED) is 0.485. The van der Waals surface area contributed by atoms with Crippen LogP contribution in [-0.2, 0) is 20.7 Å². The van der Waals surface area contributed by atoms with Crippen molar-refractivity contribution in [3.05, 3.63) is 46.3 Å². The van der Waals surface area contributed by atoms with Crippen molar-refractivity contribution in [2.24, 2.45) is 0 Å². The Morgan fingerprint density at radius 2 is 2.13 bits per heavy atom. The second-order valence-corrected chi connectivity index (χ2v) is 8.48. The topological polar surface area (TPSA) is 113 Å². The van der Waals surface area contributed by atoms with Crippen molar-refractivity contribution in [2.45, 2.75) is 38.1 Å². The summed E-state index contributed by atoms with van der Waals surface area (Å²) in [5.74, 6) is -1.47. The molecule has 4 rings (SSSR count). The molecule has 162 valence electrons. The van der Waals surface area contributed by atoms with Crippen molar-refractivity contribution in [2.75, 3.05) is 12.4 Å². The molecule has 1 saturated carbocycles. The summed E-state index contributed by atoms with van der Waals surface area (Å²) in [6.07, 6.45) is 3.82. The number of benzene rings is 1. The molecule has 3 N–H and O–H groups in total. The maximum Gasteiger partial charge on any atom is 0.357 e. The maximum absolute atomic E-state index is 13.4. The predicted octanol–water partition coefficient (Wildman–Crippen LogP) is 3.11.